The van der Waals surface area contributed by atoms with E-state index in [0.29, 0.717) is 18.9 Å². The van der Waals surface area contributed by atoms with E-state index >= 15 is 0 Å². The van der Waals surface area contributed by atoms with Gasteiger partial charge in [-0.3, -0.25) is 9.48 Å². The van der Waals surface area contributed by atoms with Crippen LogP contribution in [0.1, 0.15) is 18.5 Å². The number of aryl methyl sites for hydroxylation is 1. The molecule has 0 saturated carbocycles. The van der Waals surface area contributed by atoms with Crippen molar-refractivity contribution in [1.29, 1.82) is 0 Å². The van der Waals surface area contributed by atoms with E-state index in [0.717, 1.165) is 30.3 Å². The fourth-order valence-electron chi connectivity index (χ4n) is 3.28. The quantitative estimate of drug-likeness (QED) is 0.710. The van der Waals surface area contributed by atoms with Crippen LogP contribution in [0.3, 0.4) is 0 Å². The molecule has 3 aromatic rings. The normalized spacial score (nSPS) is 15.2. The Labute approximate surface area is 169 Å². The van der Waals surface area contributed by atoms with Gasteiger partial charge in [-0.15, -0.1) is 10.2 Å². The highest BCUT2D eigenvalue weighted by Gasteiger charge is 2.26. The van der Waals surface area contributed by atoms with Gasteiger partial charge in [0.1, 0.15) is 11.9 Å². The van der Waals surface area contributed by atoms with Gasteiger partial charge >= 0.3 is 0 Å². The molecule has 9 nitrogen and oxygen atoms in total. The molecule has 1 unspecified atom stereocenters. The number of pyridine rings is 1. The second-order valence-electron chi connectivity index (χ2n) is 7.10. The molecule has 1 fully saturated rings. The molecule has 4 heterocycles. The minimum absolute atomic E-state index is 0.0876. The summed E-state index contributed by atoms with van der Waals surface area (Å²) in [7, 11) is 0. The van der Waals surface area contributed by atoms with Crippen LogP contribution in [-0.4, -0.2) is 61.9 Å². The highest BCUT2D eigenvalue weighted by molar-refractivity contribution is 5.80. The van der Waals surface area contributed by atoms with Crippen molar-refractivity contribution in [2.24, 2.45) is 0 Å². The van der Waals surface area contributed by atoms with Crippen LogP contribution in [0.25, 0.3) is 0 Å². The molecule has 1 amide bonds. The van der Waals surface area contributed by atoms with Crippen LogP contribution in [0.4, 0.5) is 17.5 Å². The van der Waals surface area contributed by atoms with Gasteiger partial charge in [0, 0.05) is 44.8 Å². The maximum atomic E-state index is 12.7. The third-order valence-electron chi connectivity index (χ3n) is 5.01. The lowest BCUT2D eigenvalue weighted by Crippen LogP contribution is -2.50. The zero-order valence-electron chi connectivity index (χ0n) is 16.6. The maximum Gasteiger partial charge on any atom is 0.247 e. The smallest absolute Gasteiger partial charge is 0.247 e. The zero-order chi connectivity index (χ0) is 20.2. The molecule has 0 bridgehead atoms. The molecule has 3 aromatic heterocycles. The summed E-state index contributed by atoms with van der Waals surface area (Å²) in [5.74, 6) is 2.27. The number of piperazine rings is 1. The molecule has 29 heavy (non-hydrogen) atoms. The molecule has 1 saturated heterocycles. The first-order valence-electron chi connectivity index (χ1n) is 9.66. The Hall–Kier alpha value is -3.49. The number of nitrogens with zero attached hydrogens (tertiary/aromatic N) is 7. The van der Waals surface area contributed by atoms with Crippen LogP contribution < -0.4 is 10.2 Å². The van der Waals surface area contributed by atoms with E-state index in [1.807, 2.05) is 55.3 Å². The number of anilines is 3. The fraction of sp³-hybridized carbons (Fsp3) is 0.350. The predicted molar refractivity (Wildman–Crippen MR) is 110 cm³/mol. The van der Waals surface area contributed by atoms with Gasteiger partial charge in [-0.25, -0.2) is 4.98 Å². The lowest BCUT2D eigenvalue weighted by molar-refractivity contribution is -0.134. The summed E-state index contributed by atoms with van der Waals surface area (Å²) >= 11 is 0. The maximum absolute atomic E-state index is 12.7. The van der Waals surface area contributed by atoms with Crippen LogP contribution in [-0.2, 0) is 4.79 Å². The lowest BCUT2D eigenvalue weighted by atomic mass is 10.2. The van der Waals surface area contributed by atoms with E-state index in [9.17, 15) is 4.79 Å². The second-order valence-corrected chi connectivity index (χ2v) is 7.10. The molecule has 1 N–H and O–H groups in total. The number of rotatable bonds is 5. The summed E-state index contributed by atoms with van der Waals surface area (Å²) in [4.78, 5) is 21.0. The first-order chi connectivity index (χ1) is 14.1. The van der Waals surface area contributed by atoms with Gasteiger partial charge in [0.2, 0.25) is 5.91 Å². The van der Waals surface area contributed by atoms with E-state index in [2.05, 4.69) is 30.5 Å². The average Bonchev–Trinajstić information content (AvgIpc) is 3.30. The molecule has 150 valence electrons. The molecule has 1 aliphatic rings. The topological polar surface area (TPSA) is 92.1 Å². The molecule has 1 aliphatic heterocycles. The van der Waals surface area contributed by atoms with Crippen molar-refractivity contribution < 1.29 is 4.79 Å². The molecule has 4 rings (SSSR count). The Morgan fingerprint density at radius 1 is 1.07 bits per heavy atom. The van der Waals surface area contributed by atoms with Crippen molar-refractivity contribution in [2.45, 2.75) is 19.9 Å². The molecule has 0 spiro atoms. The third-order valence-corrected chi connectivity index (χ3v) is 5.01. The Morgan fingerprint density at radius 2 is 1.86 bits per heavy atom. The van der Waals surface area contributed by atoms with E-state index in [1.54, 1.807) is 17.1 Å². The minimum atomic E-state index is -0.294. The van der Waals surface area contributed by atoms with Crippen molar-refractivity contribution in [2.75, 3.05) is 36.4 Å². The summed E-state index contributed by atoms with van der Waals surface area (Å²) in [5.41, 5.74) is 1.11. The Balaban J connectivity index is 1.32. The molecule has 0 aromatic carbocycles. The van der Waals surface area contributed by atoms with E-state index < -0.39 is 0 Å². The summed E-state index contributed by atoms with van der Waals surface area (Å²) in [6.45, 7) is 6.62. The molecule has 0 radical (unpaired) electrons. The van der Waals surface area contributed by atoms with Gasteiger partial charge in [-0.05, 0) is 43.7 Å². The number of amides is 1. The lowest BCUT2D eigenvalue weighted by Gasteiger charge is -2.36. The number of aromatic nitrogens is 5. The van der Waals surface area contributed by atoms with Gasteiger partial charge in [0.15, 0.2) is 11.6 Å². The monoisotopic (exact) mass is 392 g/mol. The molecule has 1 atom stereocenters. The van der Waals surface area contributed by atoms with Gasteiger partial charge in [0.05, 0.1) is 0 Å². The van der Waals surface area contributed by atoms with E-state index in [-0.39, 0.29) is 11.9 Å². The first kappa shape index (κ1) is 18.9. The Kier molecular flexibility index (Phi) is 5.37. The van der Waals surface area contributed by atoms with Crippen LogP contribution in [0.5, 0.6) is 0 Å². The van der Waals surface area contributed by atoms with Crippen molar-refractivity contribution in [3.8, 4) is 0 Å². The highest BCUT2D eigenvalue weighted by Crippen LogP contribution is 2.18. The number of carbonyl (C=O) groups is 1. The highest BCUT2D eigenvalue weighted by atomic mass is 16.2. The van der Waals surface area contributed by atoms with Gasteiger partial charge in [0.25, 0.3) is 0 Å². The molecule has 9 heteroatoms. The first-order valence-corrected chi connectivity index (χ1v) is 9.66. The number of hydrogen-bond donors (Lipinski definition) is 1. The van der Waals surface area contributed by atoms with Crippen molar-refractivity contribution >= 4 is 23.4 Å². The predicted octanol–water partition coefficient (Wildman–Crippen LogP) is 2.03. The summed E-state index contributed by atoms with van der Waals surface area (Å²) in [6.07, 6.45) is 5.31. The Morgan fingerprint density at radius 3 is 2.48 bits per heavy atom. The standard InChI is InChI=1S/C20H24N8O/c1-15-4-5-17(21-14-15)23-18-6-7-19(25-24-18)26-10-12-27(13-11-26)20(29)16(2)28-9-3-8-22-28/h3-9,14,16H,10-13H2,1-2H3,(H,21,23,24). The van der Waals surface area contributed by atoms with Crippen LogP contribution in [0.15, 0.2) is 48.9 Å². The van der Waals surface area contributed by atoms with Gasteiger partial charge in [-0.2, -0.15) is 5.10 Å². The Bertz CT molecular complexity index is 932. The SMILES string of the molecule is Cc1ccc(Nc2ccc(N3CCN(C(=O)C(C)n4cccn4)CC3)nn2)nc1. The van der Waals surface area contributed by atoms with E-state index in [4.69, 9.17) is 0 Å². The van der Waals surface area contributed by atoms with E-state index in [1.165, 1.54) is 0 Å². The summed E-state index contributed by atoms with van der Waals surface area (Å²) in [6, 6.07) is 9.26. The second kappa shape index (κ2) is 8.26. The number of nitrogens with one attached hydrogen (secondary N) is 1. The summed E-state index contributed by atoms with van der Waals surface area (Å²) < 4.78 is 1.69. The zero-order valence-corrected chi connectivity index (χ0v) is 16.6. The summed E-state index contributed by atoms with van der Waals surface area (Å²) in [5, 5.41) is 15.9. The van der Waals surface area contributed by atoms with Crippen LogP contribution in [0.2, 0.25) is 0 Å². The largest absolute Gasteiger partial charge is 0.352 e. The van der Waals surface area contributed by atoms with Crippen molar-refractivity contribution in [3.05, 3.63) is 54.5 Å². The molecular formula is C20H24N8O. The molecule has 0 aliphatic carbocycles. The van der Waals surface area contributed by atoms with Crippen molar-refractivity contribution in [1.82, 2.24) is 29.9 Å². The van der Waals surface area contributed by atoms with Gasteiger partial charge in [-0.1, -0.05) is 6.07 Å². The van der Waals surface area contributed by atoms with Crippen LogP contribution in [0, 0.1) is 6.92 Å². The number of hydrogen-bond acceptors (Lipinski definition) is 7. The van der Waals surface area contributed by atoms with Crippen molar-refractivity contribution in [3.63, 3.8) is 0 Å². The van der Waals surface area contributed by atoms with Crippen LogP contribution >= 0.6 is 0 Å². The fourth-order valence-corrected chi connectivity index (χ4v) is 3.28. The van der Waals surface area contributed by atoms with Gasteiger partial charge < -0.3 is 15.1 Å². The third kappa shape index (κ3) is 4.34. The minimum Gasteiger partial charge on any atom is -0.352 e. The average molecular weight is 392 g/mol. The molecular weight excluding hydrogens is 368 g/mol. The number of carbonyl (C=O) groups excluding carboxylic acids is 1.